The van der Waals surface area contributed by atoms with E-state index in [4.69, 9.17) is 21.1 Å². The molecule has 0 fully saturated rings. The molecule has 1 aromatic heterocycles. The monoisotopic (exact) mass is 484 g/mol. The fraction of sp³-hybridized carbons (Fsp3) is 0.0714. The number of nitrogens with one attached hydrogen (secondary N) is 1. The number of aromatic hydroxyl groups is 1. The summed E-state index contributed by atoms with van der Waals surface area (Å²) in [6.07, 6.45) is 1.63. The number of hydrogen-bond acceptors (Lipinski definition) is 5. The summed E-state index contributed by atoms with van der Waals surface area (Å²) in [4.78, 5) is 17.2. The van der Waals surface area contributed by atoms with Crippen LogP contribution >= 0.6 is 11.6 Å². The molecule has 5 rings (SSSR count). The molecule has 0 atom stereocenters. The van der Waals surface area contributed by atoms with E-state index in [-0.39, 0.29) is 11.7 Å². The highest BCUT2D eigenvalue weighted by atomic mass is 35.5. The number of rotatable bonds is 5. The molecule has 4 aromatic carbocycles. The van der Waals surface area contributed by atoms with E-state index in [1.807, 2.05) is 49.4 Å². The van der Waals surface area contributed by atoms with Gasteiger partial charge in [0.05, 0.1) is 12.6 Å². The average molecular weight is 485 g/mol. The maximum atomic E-state index is 12.8. The minimum absolute atomic E-state index is 0.00174. The van der Waals surface area contributed by atoms with Crippen molar-refractivity contribution in [1.82, 2.24) is 4.98 Å². The van der Waals surface area contributed by atoms with Crippen LogP contribution in [0.1, 0.15) is 15.9 Å². The van der Waals surface area contributed by atoms with Gasteiger partial charge in [0.1, 0.15) is 11.5 Å². The molecule has 7 heteroatoms. The third-order valence-electron chi connectivity index (χ3n) is 5.73. The molecule has 1 heterocycles. The highest BCUT2D eigenvalue weighted by Gasteiger charge is 2.12. The number of amides is 1. The number of halogens is 1. The fourth-order valence-corrected chi connectivity index (χ4v) is 4.00. The molecule has 0 aliphatic carbocycles. The second kappa shape index (κ2) is 9.16. The maximum absolute atomic E-state index is 12.8. The number of nitrogens with zero attached hydrogens (tertiary/aromatic N) is 1. The van der Waals surface area contributed by atoms with Crippen LogP contribution in [0.25, 0.3) is 21.7 Å². The third kappa shape index (κ3) is 4.56. The number of methoxy groups -OCH3 is 1. The normalized spacial score (nSPS) is 10.9. The zero-order valence-electron chi connectivity index (χ0n) is 19.0. The summed E-state index contributed by atoms with van der Waals surface area (Å²) in [6.45, 7) is 1.91. The van der Waals surface area contributed by atoms with Crippen molar-refractivity contribution >= 4 is 44.9 Å². The van der Waals surface area contributed by atoms with Gasteiger partial charge in [-0.05, 0) is 71.8 Å². The van der Waals surface area contributed by atoms with Crippen molar-refractivity contribution < 1.29 is 19.4 Å². The highest BCUT2D eigenvalue weighted by Crippen LogP contribution is 2.36. The van der Waals surface area contributed by atoms with Crippen LogP contribution in [0, 0.1) is 6.92 Å². The minimum atomic E-state index is -0.234. The molecule has 0 radical (unpaired) electrons. The number of pyridine rings is 1. The van der Waals surface area contributed by atoms with Gasteiger partial charge in [-0.15, -0.1) is 0 Å². The lowest BCUT2D eigenvalue weighted by Crippen LogP contribution is -2.11. The molecule has 0 aliphatic rings. The van der Waals surface area contributed by atoms with Gasteiger partial charge in [0.25, 0.3) is 5.91 Å². The van der Waals surface area contributed by atoms with Crippen LogP contribution in [0.2, 0.25) is 5.02 Å². The average Bonchev–Trinajstić information content (AvgIpc) is 2.86. The van der Waals surface area contributed by atoms with E-state index >= 15 is 0 Å². The number of carbonyl (C=O) groups excluding carboxylic acids is 1. The molecular formula is C28H21ClN2O4. The Balaban J connectivity index is 1.44. The first-order chi connectivity index (χ1) is 16.9. The molecule has 35 heavy (non-hydrogen) atoms. The quantitative estimate of drug-likeness (QED) is 0.278. The van der Waals surface area contributed by atoms with Gasteiger partial charge in [0.2, 0.25) is 0 Å². The predicted molar refractivity (Wildman–Crippen MR) is 138 cm³/mol. The van der Waals surface area contributed by atoms with Crippen LogP contribution in [0.15, 0.2) is 79.0 Å². The molecule has 0 unspecified atom stereocenters. The minimum Gasteiger partial charge on any atom is -0.504 e. The van der Waals surface area contributed by atoms with Gasteiger partial charge in [0.15, 0.2) is 11.5 Å². The smallest absolute Gasteiger partial charge is 0.255 e. The number of aromatic nitrogens is 1. The van der Waals surface area contributed by atoms with E-state index in [9.17, 15) is 9.90 Å². The Morgan fingerprint density at radius 2 is 1.77 bits per heavy atom. The van der Waals surface area contributed by atoms with Gasteiger partial charge >= 0.3 is 0 Å². The van der Waals surface area contributed by atoms with Gasteiger partial charge in [-0.1, -0.05) is 29.8 Å². The summed E-state index contributed by atoms with van der Waals surface area (Å²) in [7, 11) is 1.49. The standard InChI is InChI=1S/C28H21ClN2O4/c1-16-3-7-20(13-23(16)29)31-28(33)18-5-4-17-6-8-21(12-19(17)11-18)35-26-9-10-30-24-15-27(34-2)25(32)14-22(24)26/h3-15,32H,1-2H3,(H,31,33). The Morgan fingerprint density at radius 3 is 2.57 bits per heavy atom. The summed E-state index contributed by atoms with van der Waals surface area (Å²) in [5, 5.41) is 16.1. The molecule has 174 valence electrons. The summed E-state index contributed by atoms with van der Waals surface area (Å²) in [5.74, 6) is 1.23. The van der Waals surface area contributed by atoms with Crippen molar-refractivity contribution in [2.75, 3.05) is 12.4 Å². The molecule has 0 bridgehead atoms. The molecule has 5 aromatic rings. The predicted octanol–water partition coefficient (Wildman–Crippen LogP) is 7.11. The molecule has 2 N–H and O–H groups in total. The maximum Gasteiger partial charge on any atom is 0.255 e. The summed E-state index contributed by atoms with van der Waals surface area (Å²) in [5.41, 5.74) is 2.72. The lowest BCUT2D eigenvalue weighted by atomic mass is 10.1. The molecule has 1 amide bonds. The Bertz CT molecular complexity index is 1600. The second-order valence-electron chi connectivity index (χ2n) is 8.09. The third-order valence-corrected chi connectivity index (χ3v) is 6.14. The first-order valence-electron chi connectivity index (χ1n) is 10.9. The summed E-state index contributed by atoms with van der Waals surface area (Å²) in [6, 6.07) is 21.5. The van der Waals surface area contributed by atoms with Crippen LogP contribution in [-0.2, 0) is 0 Å². The fourth-order valence-electron chi connectivity index (χ4n) is 3.82. The number of phenols is 1. The van der Waals surface area contributed by atoms with Crippen LogP contribution in [0.5, 0.6) is 23.0 Å². The van der Waals surface area contributed by atoms with Crippen molar-refractivity contribution in [1.29, 1.82) is 0 Å². The Hall–Kier alpha value is -4.29. The van der Waals surface area contributed by atoms with Crippen LogP contribution in [0.3, 0.4) is 0 Å². The van der Waals surface area contributed by atoms with E-state index in [2.05, 4.69) is 10.3 Å². The Labute approximate surface area is 206 Å². The zero-order valence-corrected chi connectivity index (χ0v) is 19.8. The Kier molecular flexibility index (Phi) is 5.89. The van der Waals surface area contributed by atoms with Crippen molar-refractivity contribution in [2.24, 2.45) is 0 Å². The van der Waals surface area contributed by atoms with E-state index in [0.717, 1.165) is 16.3 Å². The highest BCUT2D eigenvalue weighted by molar-refractivity contribution is 6.31. The number of anilines is 1. The molecule has 0 saturated heterocycles. The summed E-state index contributed by atoms with van der Waals surface area (Å²) < 4.78 is 11.3. The molecule has 0 aliphatic heterocycles. The van der Waals surface area contributed by atoms with Gasteiger partial charge in [-0.2, -0.15) is 0 Å². The number of fused-ring (bicyclic) bond motifs is 2. The zero-order chi connectivity index (χ0) is 24.5. The van der Waals surface area contributed by atoms with Crippen molar-refractivity contribution in [3.05, 3.63) is 95.1 Å². The first kappa shape index (κ1) is 22.5. The van der Waals surface area contributed by atoms with Crippen molar-refractivity contribution in [2.45, 2.75) is 6.92 Å². The molecule has 0 spiro atoms. The van der Waals surface area contributed by atoms with E-state index in [1.165, 1.54) is 7.11 Å². The molecule has 6 nitrogen and oxygen atoms in total. The number of carbonyl (C=O) groups is 1. The van der Waals surface area contributed by atoms with Gasteiger partial charge in [-0.3, -0.25) is 9.78 Å². The number of aryl methyl sites for hydroxylation is 1. The molecular weight excluding hydrogens is 464 g/mol. The Morgan fingerprint density at radius 1 is 0.943 bits per heavy atom. The van der Waals surface area contributed by atoms with Gasteiger partial charge in [-0.25, -0.2) is 0 Å². The second-order valence-corrected chi connectivity index (χ2v) is 8.50. The lowest BCUT2D eigenvalue weighted by molar-refractivity contribution is 0.102. The summed E-state index contributed by atoms with van der Waals surface area (Å²) >= 11 is 6.18. The first-order valence-corrected chi connectivity index (χ1v) is 11.2. The number of phenolic OH excluding ortho intramolecular Hbond substituents is 1. The van der Waals surface area contributed by atoms with E-state index in [1.54, 1.807) is 36.5 Å². The van der Waals surface area contributed by atoms with Gasteiger partial charge < -0.3 is 19.9 Å². The topological polar surface area (TPSA) is 80.7 Å². The van der Waals surface area contributed by atoms with Crippen LogP contribution < -0.4 is 14.8 Å². The molecule has 0 saturated carbocycles. The van der Waals surface area contributed by atoms with E-state index in [0.29, 0.717) is 44.4 Å². The van der Waals surface area contributed by atoms with Gasteiger partial charge in [0, 0.05) is 33.9 Å². The number of hydrogen-bond donors (Lipinski definition) is 2. The van der Waals surface area contributed by atoms with Crippen molar-refractivity contribution in [3.63, 3.8) is 0 Å². The largest absolute Gasteiger partial charge is 0.504 e. The lowest BCUT2D eigenvalue weighted by Gasteiger charge is -2.12. The number of ether oxygens (including phenoxy) is 2. The van der Waals surface area contributed by atoms with Crippen LogP contribution in [-0.4, -0.2) is 23.1 Å². The van der Waals surface area contributed by atoms with E-state index < -0.39 is 0 Å². The van der Waals surface area contributed by atoms with Crippen molar-refractivity contribution in [3.8, 4) is 23.0 Å². The van der Waals surface area contributed by atoms with Crippen LogP contribution in [0.4, 0.5) is 5.69 Å². The SMILES string of the molecule is COc1cc2nccc(Oc3ccc4ccc(C(=O)Nc5ccc(C)c(Cl)c5)cc4c3)c2cc1O. The number of benzene rings is 4.